The average Bonchev–Trinajstić information content (AvgIpc) is 3.65. The highest BCUT2D eigenvalue weighted by Gasteiger charge is 2.19. The topological polar surface area (TPSA) is 102 Å². The van der Waals surface area contributed by atoms with Crippen molar-refractivity contribution in [3.05, 3.63) is 71.8 Å². The fourth-order valence-corrected chi connectivity index (χ4v) is 7.42. The van der Waals surface area contributed by atoms with Crippen molar-refractivity contribution in [2.45, 2.75) is 51.4 Å². The van der Waals surface area contributed by atoms with Crippen molar-refractivity contribution in [3.63, 3.8) is 0 Å². The van der Waals surface area contributed by atoms with Crippen molar-refractivity contribution in [1.29, 1.82) is 0 Å². The fourth-order valence-electron chi connectivity index (χ4n) is 7.42. The maximum absolute atomic E-state index is 12.9. The fraction of sp³-hybridized carbons (Fsp3) is 0.522. The summed E-state index contributed by atoms with van der Waals surface area (Å²) in [6.45, 7) is 9.20. The Morgan fingerprint density at radius 3 is 1.15 bits per heavy atom. The summed E-state index contributed by atoms with van der Waals surface area (Å²) in [7, 11) is 9.54. The quantitative estimate of drug-likeness (QED) is 0.0701. The number of allylic oxidation sites excluding steroid dienone is 4. The summed E-state index contributed by atoms with van der Waals surface area (Å²) in [5, 5.41) is 0. The number of rotatable bonds is 21. The Labute approximate surface area is 370 Å². The zero-order valence-electron chi connectivity index (χ0n) is 36.5. The molecule has 0 radical (unpaired) electrons. The first kappa shape index (κ1) is 51.8. The van der Waals surface area contributed by atoms with Crippen molar-refractivity contribution in [2.24, 2.45) is 0 Å². The standard InChI is InChI=1S/C46H66N4O8.2ClH/c1-53-39-33-37(34-40(54-2)45(39)57-5)19-11-13-21-43(51)49-27-17-25-47(29-31-49)23-15-9-7-8-10-16-24-48-26-18-28-50(32-30-48)44(52)22-14-12-20-38-35-41(55-3)46(58-6)42(36-38)56-4;;/h11-14,19-22,33-36H,7-10,15-18,23-32H2,1-6H3;2*1H/b19-11+,20-12+,21-13+,22-14+;;. The molecule has 2 fully saturated rings. The molecule has 0 N–H and O–H groups in total. The highest BCUT2D eigenvalue weighted by molar-refractivity contribution is 5.88. The smallest absolute Gasteiger partial charge is 0.246 e. The van der Waals surface area contributed by atoms with Crippen molar-refractivity contribution < 1.29 is 38.0 Å². The lowest BCUT2D eigenvalue weighted by atomic mass is 10.1. The van der Waals surface area contributed by atoms with Crippen LogP contribution >= 0.6 is 24.8 Å². The van der Waals surface area contributed by atoms with Gasteiger partial charge in [-0.3, -0.25) is 9.59 Å². The Balaban J connectivity index is 0.00000620. The molecule has 0 aliphatic carbocycles. The van der Waals surface area contributed by atoms with Gasteiger partial charge in [-0.05, 0) is 87.3 Å². The van der Waals surface area contributed by atoms with Crippen LogP contribution in [0, 0.1) is 0 Å². The van der Waals surface area contributed by atoms with Crippen molar-refractivity contribution >= 4 is 48.8 Å². The van der Waals surface area contributed by atoms with E-state index in [9.17, 15) is 9.59 Å². The monoisotopic (exact) mass is 874 g/mol. The second kappa shape index (κ2) is 29.0. The molecule has 0 spiro atoms. The van der Waals surface area contributed by atoms with Gasteiger partial charge in [0.25, 0.3) is 0 Å². The van der Waals surface area contributed by atoms with Gasteiger partial charge in [0.05, 0.1) is 42.7 Å². The summed E-state index contributed by atoms with van der Waals surface area (Å²) in [4.78, 5) is 34.8. The number of amides is 2. The first-order valence-electron chi connectivity index (χ1n) is 20.7. The van der Waals surface area contributed by atoms with Gasteiger partial charge in [0.2, 0.25) is 23.3 Å². The molecule has 14 heteroatoms. The van der Waals surface area contributed by atoms with E-state index in [2.05, 4.69) is 9.80 Å². The Morgan fingerprint density at radius 1 is 0.467 bits per heavy atom. The normalized spacial score (nSPS) is 15.4. The Hall–Kier alpha value is -4.36. The van der Waals surface area contributed by atoms with Crippen LogP contribution in [0.25, 0.3) is 12.2 Å². The molecule has 0 bridgehead atoms. The minimum atomic E-state index is 0. The van der Waals surface area contributed by atoms with Gasteiger partial charge in [0.1, 0.15) is 0 Å². The van der Waals surface area contributed by atoms with Gasteiger partial charge in [0, 0.05) is 51.4 Å². The molecule has 12 nitrogen and oxygen atoms in total. The van der Waals surface area contributed by atoms with Gasteiger partial charge in [-0.1, -0.05) is 62.1 Å². The largest absolute Gasteiger partial charge is 0.493 e. The van der Waals surface area contributed by atoms with E-state index in [0.29, 0.717) is 34.5 Å². The average molecular weight is 876 g/mol. The van der Waals surface area contributed by atoms with E-state index in [4.69, 9.17) is 28.4 Å². The van der Waals surface area contributed by atoms with Gasteiger partial charge >= 0.3 is 0 Å². The highest BCUT2D eigenvalue weighted by atomic mass is 35.5. The molecule has 0 atom stereocenters. The summed E-state index contributed by atoms with van der Waals surface area (Å²) in [6.07, 6.45) is 23.8. The second-order valence-corrected chi connectivity index (χ2v) is 14.5. The third-order valence-electron chi connectivity index (χ3n) is 10.7. The number of nitrogens with zero attached hydrogens (tertiary/aromatic N) is 4. The van der Waals surface area contributed by atoms with E-state index in [1.807, 2.05) is 58.4 Å². The number of hydrogen-bond donors (Lipinski definition) is 0. The van der Waals surface area contributed by atoms with Crippen LogP contribution < -0.4 is 28.4 Å². The number of benzene rings is 2. The van der Waals surface area contributed by atoms with Crippen LogP contribution in [0.1, 0.15) is 62.5 Å². The molecule has 2 aromatic rings. The van der Waals surface area contributed by atoms with Crippen LogP contribution in [0.15, 0.2) is 60.7 Å². The molecule has 2 aromatic carbocycles. The zero-order valence-corrected chi connectivity index (χ0v) is 38.2. The first-order chi connectivity index (χ1) is 28.3. The van der Waals surface area contributed by atoms with E-state index in [1.165, 1.54) is 38.5 Å². The minimum Gasteiger partial charge on any atom is -0.493 e. The lowest BCUT2D eigenvalue weighted by Crippen LogP contribution is -2.34. The SMILES string of the molecule is COc1cc(/C=C/C=C/C(=O)N2CCCN(CCCCCCCCN3CCCN(C(=O)/C=C/C=C/c4cc(OC)c(OC)c(OC)c4)CC3)CC2)cc(OC)c1OC.Cl.Cl. The van der Waals surface area contributed by atoms with Crippen molar-refractivity contribution in [1.82, 2.24) is 19.6 Å². The molecular formula is C46H68Cl2N4O8. The van der Waals surface area contributed by atoms with Crippen LogP contribution in [0.3, 0.4) is 0 Å². The van der Waals surface area contributed by atoms with Gasteiger partial charge in [0.15, 0.2) is 23.0 Å². The molecule has 60 heavy (non-hydrogen) atoms. The molecule has 2 amide bonds. The number of methoxy groups -OCH3 is 6. The van der Waals surface area contributed by atoms with Crippen LogP contribution in [-0.4, -0.2) is 140 Å². The maximum atomic E-state index is 12.9. The number of hydrogen-bond acceptors (Lipinski definition) is 10. The molecule has 2 aliphatic rings. The summed E-state index contributed by atoms with van der Waals surface area (Å²) in [5.41, 5.74) is 1.78. The zero-order chi connectivity index (χ0) is 41.5. The molecule has 0 unspecified atom stereocenters. The van der Waals surface area contributed by atoms with Crippen LogP contribution in [0.4, 0.5) is 0 Å². The van der Waals surface area contributed by atoms with Crippen LogP contribution in [0.5, 0.6) is 34.5 Å². The molecule has 0 aromatic heterocycles. The summed E-state index contributed by atoms with van der Waals surface area (Å²) >= 11 is 0. The van der Waals surface area contributed by atoms with Gasteiger partial charge in [-0.2, -0.15) is 0 Å². The molecule has 2 heterocycles. The Bertz CT molecular complexity index is 1550. The molecule has 4 rings (SSSR count). The number of ether oxygens (including phenoxy) is 6. The Morgan fingerprint density at radius 2 is 0.817 bits per heavy atom. The number of carbonyl (C=O) groups is 2. The lowest BCUT2D eigenvalue weighted by Gasteiger charge is -2.21. The van der Waals surface area contributed by atoms with E-state index in [-0.39, 0.29) is 36.6 Å². The van der Waals surface area contributed by atoms with E-state index in [1.54, 1.807) is 67.0 Å². The maximum Gasteiger partial charge on any atom is 0.246 e. The van der Waals surface area contributed by atoms with E-state index < -0.39 is 0 Å². The van der Waals surface area contributed by atoms with Crippen molar-refractivity contribution in [2.75, 3.05) is 108 Å². The van der Waals surface area contributed by atoms with Gasteiger partial charge in [-0.15, -0.1) is 24.8 Å². The van der Waals surface area contributed by atoms with Crippen LogP contribution in [-0.2, 0) is 9.59 Å². The first-order valence-corrected chi connectivity index (χ1v) is 20.7. The lowest BCUT2D eigenvalue weighted by molar-refractivity contribution is -0.126. The summed E-state index contributed by atoms with van der Waals surface area (Å²) < 4.78 is 32.5. The minimum absolute atomic E-state index is 0. The van der Waals surface area contributed by atoms with Gasteiger partial charge in [-0.25, -0.2) is 0 Å². The molecular weight excluding hydrogens is 807 g/mol. The summed E-state index contributed by atoms with van der Waals surface area (Å²) in [5.74, 6) is 3.56. The molecule has 2 saturated heterocycles. The molecule has 0 saturated carbocycles. The van der Waals surface area contributed by atoms with Gasteiger partial charge < -0.3 is 48.0 Å². The van der Waals surface area contributed by atoms with Crippen molar-refractivity contribution in [3.8, 4) is 34.5 Å². The Kier molecular flexibility index (Phi) is 25.0. The third-order valence-corrected chi connectivity index (χ3v) is 10.7. The summed E-state index contributed by atoms with van der Waals surface area (Å²) in [6, 6.07) is 7.49. The van der Waals surface area contributed by atoms with Crippen LogP contribution in [0.2, 0.25) is 0 Å². The molecule has 334 valence electrons. The van der Waals surface area contributed by atoms with E-state index in [0.717, 1.165) is 89.4 Å². The van der Waals surface area contributed by atoms with E-state index >= 15 is 0 Å². The predicted octanol–water partition coefficient (Wildman–Crippen LogP) is 7.83. The predicted molar refractivity (Wildman–Crippen MR) is 246 cm³/mol. The third kappa shape index (κ3) is 16.6. The number of halogens is 2. The molecule has 2 aliphatic heterocycles. The number of unbranched alkanes of at least 4 members (excludes halogenated alkanes) is 5. The number of carbonyl (C=O) groups excluding carboxylic acids is 2. The second-order valence-electron chi connectivity index (χ2n) is 14.5. The highest BCUT2D eigenvalue weighted by Crippen LogP contribution is 2.39.